The molecule has 0 aromatic rings. The quantitative estimate of drug-likeness (QED) is 0.681. The van der Waals surface area contributed by atoms with Gasteiger partial charge >= 0.3 is 5.97 Å². The topological polar surface area (TPSA) is 81.7 Å². The lowest BCUT2D eigenvalue weighted by Crippen LogP contribution is -2.40. The lowest BCUT2D eigenvalue weighted by Gasteiger charge is -2.27. The fraction of sp³-hybridized carbons (Fsp3) is 0.944. The van der Waals surface area contributed by atoms with E-state index >= 15 is 0 Å². The number of hydrogen-bond donors (Lipinski definition) is 0. The molecule has 8 nitrogen and oxygen atoms in total. The molecule has 3 heterocycles. The molecule has 4 fully saturated rings. The number of methoxy groups -OCH3 is 1. The van der Waals surface area contributed by atoms with Crippen molar-refractivity contribution in [2.75, 3.05) is 13.7 Å². The van der Waals surface area contributed by atoms with E-state index in [1.807, 2.05) is 34.6 Å². The van der Waals surface area contributed by atoms with Crippen molar-refractivity contribution >= 4 is 5.97 Å². The van der Waals surface area contributed by atoms with Gasteiger partial charge < -0.3 is 33.2 Å². The van der Waals surface area contributed by atoms with E-state index in [1.165, 1.54) is 7.11 Å². The number of hydrogen-bond acceptors (Lipinski definition) is 8. The molecule has 0 amide bonds. The predicted octanol–water partition coefficient (Wildman–Crippen LogP) is 1.21. The third-order valence-corrected chi connectivity index (χ3v) is 5.51. The zero-order chi connectivity index (χ0) is 18.9. The summed E-state index contributed by atoms with van der Waals surface area (Å²) in [4.78, 5) is 11.8. The number of carbonyl (C=O) groups is 1. The van der Waals surface area contributed by atoms with Crippen LogP contribution in [0.4, 0.5) is 0 Å². The van der Waals surface area contributed by atoms with Crippen molar-refractivity contribution < 1.29 is 38.0 Å². The van der Waals surface area contributed by atoms with E-state index in [9.17, 15) is 4.79 Å². The summed E-state index contributed by atoms with van der Waals surface area (Å²) in [5, 5.41) is 0. The SMILES string of the molecule is COC(=O)C1C(C)C1O[C@H]1O[C@H]([C@H]2COC(C)(C)O2)[C@@H]2OC(C)(C)O[C@H]12. The van der Waals surface area contributed by atoms with Gasteiger partial charge in [0.1, 0.15) is 24.4 Å². The Morgan fingerprint density at radius 1 is 1.00 bits per heavy atom. The van der Waals surface area contributed by atoms with E-state index in [2.05, 4.69) is 0 Å². The first-order valence-corrected chi connectivity index (χ1v) is 9.18. The molecule has 26 heavy (non-hydrogen) atoms. The van der Waals surface area contributed by atoms with Crippen molar-refractivity contribution in [2.45, 2.75) is 83.0 Å². The van der Waals surface area contributed by atoms with Crippen LogP contribution >= 0.6 is 0 Å². The van der Waals surface area contributed by atoms with Crippen LogP contribution in [0.2, 0.25) is 0 Å². The highest BCUT2D eigenvalue weighted by Gasteiger charge is 2.62. The van der Waals surface area contributed by atoms with Crippen LogP contribution in [0.25, 0.3) is 0 Å². The Kier molecular flexibility index (Phi) is 4.37. The maximum absolute atomic E-state index is 11.8. The van der Waals surface area contributed by atoms with Gasteiger partial charge in [-0.3, -0.25) is 4.79 Å². The predicted molar refractivity (Wildman–Crippen MR) is 86.9 cm³/mol. The Hall–Kier alpha value is -0.770. The monoisotopic (exact) mass is 372 g/mol. The second-order valence-electron chi connectivity index (χ2n) is 8.41. The highest BCUT2D eigenvalue weighted by Crippen LogP contribution is 2.48. The maximum Gasteiger partial charge on any atom is 0.311 e. The molecule has 0 radical (unpaired) electrons. The minimum absolute atomic E-state index is 0.0869. The molecule has 0 spiro atoms. The van der Waals surface area contributed by atoms with E-state index in [-0.39, 0.29) is 48.3 Å². The number of ether oxygens (including phenoxy) is 7. The highest BCUT2D eigenvalue weighted by atomic mass is 16.8. The largest absolute Gasteiger partial charge is 0.469 e. The fourth-order valence-corrected chi connectivity index (χ4v) is 4.15. The van der Waals surface area contributed by atoms with E-state index < -0.39 is 17.9 Å². The van der Waals surface area contributed by atoms with Crippen molar-refractivity contribution in [3.05, 3.63) is 0 Å². The zero-order valence-corrected chi connectivity index (χ0v) is 16.1. The lowest BCUT2D eigenvalue weighted by molar-refractivity contribution is -0.251. The van der Waals surface area contributed by atoms with Gasteiger partial charge in [-0.1, -0.05) is 6.92 Å². The summed E-state index contributed by atoms with van der Waals surface area (Å²) >= 11 is 0. The van der Waals surface area contributed by atoms with Gasteiger partial charge in [0, 0.05) is 0 Å². The maximum atomic E-state index is 11.8. The van der Waals surface area contributed by atoms with Gasteiger partial charge in [-0.2, -0.15) is 0 Å². The number of esters is 1. The Balaban J connectivity index is 1.47. The molecule has 0 bridgehead atoms. The summed E-state index contributed by atoms with van der Waals surface area (Å²) in [6.45, 7) is 9.86. The minimum Gasteiger partial charge on any atom is -0.469 e. The first-order chi connectivity index (χ1) is 12.1. The molecule has 4 rings (SSSR count). The van der Waals surface area contributed by atoms with E-state index in [4.69, 9.17) is 33.2 Å². The summed E-state index contributed by atoms with van der Waals surface area (Å²) in [6, 6.07) is 0. The summed E-state index contributed by atoms with van der Waals surface area (Å²) in [6.07, 6.45) is -2.19. The van der Waals surface area contributed by atoms with Gasteiger partial charge in [0.05, 0.1) is 25.7 Å². The average Bonchev–Trinajstić information content (AvgIpc) is 2.85. The average molecular weight is 372 g/mol. The fourth-order valence-electron chi connectivity index (χ4n) is 4.15. The van der Waals surface area contributed by atoms with E-state index in [0.29, 0.717) is 6.61 Å². The van der Waals surface area contributed by atoms with Crippen LogP contribution in [-0.2, 0) is 38.0 Å². The number of fused-ring (bicyclic) bond motifs is 1. The van der Waals surface area contributed by atoms with Crippen LogP contribution in [0, 0.1) is 11.8 Å². The molecule has 8 atom stereocenters. The first kappa shape index (κ1) is 18.6. The lowest BCUT2D eigenvalue weighted by atomic mass is 10.1. The van der Waals surface area contributed by atoms with Crippen LogP contribution in [0.1, 0.15) is 34.6 Å². The summed E-state index contributed by atoms with van der Waals surface area (Å²) in [7, 11) is 1.39. The molecule has 8 heteroatoms. The minimum atomic E-state index is -0.731. The van der Waals surface area contributed by atoms with Crippen molar-refractivity contribution in [3.63, 3.8) is 0 Å². The van der Waals surface area contributed by atoms with Gasteiger partial charge in [-0.15, -0.1) is 0 Å². The van der Waals surface area contributed by atoms with Crippen LogP contribution in [0.5, 0.6) is 0 Å². The Bertz CT molecular complexity index is 576. The van der Waals surface area contributed by atoms with Crippen molar-refractivity contribution in [2.24, 2.45) is 11.8 Å². The second kappa shape index (κ2) is 6.12. The molecular formula is C18H28O8. The van der Waals surface area contributed by atoms with E-state index in [1.54, 1.807) is 0 Å². The van der Waals surface area contributed by atoms with Gasteiger partial charge in [0.2, 0.25) is 0 Å². The summed E-state index contributed by atoms with van der Waals surface area (Å²) in [5.41, 5.74) is 0. The standard InChI is InChI=1S/C18H28O8/c1-8-10(15(19)20-6)11(8)22-16-14-13(25-18(4,5)26-14)12(23-16)9-7-21-17(2,3)24-9/h8-14,16H,7H2,1-6H3/t8?,9-,10?,11?,12-,13+,14+,16+/m1/s1. The van der Waals surface area contributed by atoms with E-state index in [0.717, 1.165) is 0 Å². The van der Waals surface area contributed by atoms with Crippen LogP contribution in [0.15, 0.2) is 0 Å². The Labute approximate surface area is 153 Å². The van der Waals surface area contributed by atoms with Crippen LogP contribution in [0.3, 0.4) is 0 Å². The van der Waals surface area contributed by atoms with Crippen molar-refractivity contribution in [1.82, 2.24) is 0 Å². The molecule has 3 saturated heterocycles. The molecule has 3 unspecified atom stereocenters. The molecule has 1 saturated carbocycles. The normalized spacial score (nSPS) is 48.4. The van der Waals surface area contributed by atoms with Gasteiger partial charge in [-0.05, 0) is 33.6 Å². The summed E-state index contributed by atoms with van der Waals surface area (Å²) in [5.74, 6) is -1.82. The van der Waals surface area contributed by atoms with Crippen LogP contribution < -0.4 is 0 Å². The molecule has 1 aliphatic carbocycles. The molecule has 4 aliphatic rings. The molecule has 0 aromatic heterocycles. The molecule has 0 aromatic carbocycles. The van der Waals surface area contributed by atoms with Crippen LogP contribution in [-0.4, -0.2) is 68.1 Å². The first-order valence-electron chi connectivity index (χ1n) is 9.18. The number of carbonyl (C=O) groups excluding carboxylic acids is 1. The molecule has 3 aliphatic heterocycles. The van der Waals surface area contributed by atoms with Gasteiger partial charge in [0.25, 0.3) is 0 Å². The van der Waals surface area contributed by atoms with Crippen molar-refractivity contribution in [1.29, 1.82) is 0 Å². The smallest absolute Gasteiger partial charge is 0.311 e. The molecule has 0 N–H and O–H groups in total. The Morgan fingerprint density at radius 3 is 2.31 bits per heavy atom. The highest BCUT2D eigenvalue weighted by molar-refractivity contribution is 5.76. The number of rotatable bonds is 4. The van der Waals surface area contributed by atoms with Gasteiger partial charge in [-0.25, -0.2) is 0 Å². The Morgan fingerprint density at radius 2 is 1.69 bits per heavy atom. The zero-order valence-electron chi connectivity index (χ0n) is 16.1. The molecule has 148 valence electrons. The van der Waals surface area contributed by atoms with Crippen molar-refractivity contribution in [3.8, 4) is 0 Å². The molecular weight excluding hydrogens is 344 g/mol. The third-order valence-electron chi connectivity index (χ3n) is 5.51. The summed E-state index contributed by atoms with van der Waals surface area (Å²) < 4.78 is 40.8. The third kappa shape index (κ3) is 3.16. The van der Waals surface area contributed by atoms with Gasteiger partial charge in [0.15, 0.2) is 17.9 Å². The second-order valence-corrected chi connectivity index (χ2v) is 8.41.